The molecule has 1 amide bonds. The third kappa shape index (κ3) is 4.42. The second-order valence-corrected chi connectivity index (χ2v) is 3.91. The number of carbonyl (C=O) groups excluding carboxylic acids is 1. The van der Waals surface area contributed by atoms with Gasteiger partial charge in [-0.15, -0.1) is 0 Å². The van der Waals surface area contributed by atoms with E-state index in [4.69, 9.17) is 10.8 Å². The van der Waals surface area contributed by atoms with Crippen molar-refractivity contribution in [2.24, 2.45) is 5.73 Å². The number of carboxylic acid groups (broad SMARTS) is 1. The summed E-state index contributed by atoms with van der Waals surface area (Å²) in [6.45, 7) is 0.211. The highest BCUT2D eigenvalue weighted by atomic mass is 16.4. The van der Waals surface area contributed by atoms with E-state index in [1.54, 1.807) is 18.2 Å². The average molecular weight is 252 g/mol. The molecule has 1 atom stereocenters. The first-order chi connectivity index (χ1) is 8.50. The molecule has 0 saturated carbocycles. The summed E-state index contributed by atoms with van der Waals surface area (Å²) in [4.78, 5) is 21.6. The van der Waals surface area contributed by atoms with E-state index in [0.717, 1.165) is 0 Å². The number of phenolic OH excluding ortho intramolecular Hbond substituents is 1. The number of rotatable bonds is 7. The number of nitrogens with two attached hydrogens (primary N) is 1. The number of aromatic hydroxyl groups is 1. The Kier molecular flexibility index (Phi) is 5.13. The molecule has 0 aliphatic carbocycles. The molecule has 0 aliphatic heterocycles. The Morgan fingerprint density at radius 3 is 2.56 bits per heavy atom. The van der Waals surface area contributed by atoms with Crippen molar-refractivity contribution in [3.63, 3.8) is 0 Å². The van der Waals surface area contributed by atoms with Crippen LogP contribution in [0.1, 0.15) is 18.4 Å². The summed E-state index contributed by atoms with van der Waals surface area (Å²) in [5, 5.41) is 21.2. The van der Waals surface area contributed by atoms with E-state index in [9.17, 15) is 14.7 Å². The van der Waals surface area contributed by atoms with Gasteiger partial charge in [0, 0.05) is 18.5 Å². The minimum Gasteiger partial charge on any atom is -0.508 e. The van der Waals surface area contributed by atoms with Crippen LogP contribution < -0.4 is 11.1 Å². The van der Waals surface area contributed by atoms with E-state index < -0.39 is 17.9 Å². The molecule has 6 heteroatoms. The van der Waals surface area contributed by atoms with Crippen LogP contribution in [0.15, 0.2) is 24.3 Å². The SMILES string of the molecule is NC(=O)CCC(NCc1ccccc1O)C(=O)O. The van der Waals surface area contributed by atoms with E-state index in [1.165, 1.54) is 6.07 Å². The molecule has 1 aromatic carbocycles. The average Bonchev–Trinajstić information content (AvgIpc) is 2.30. The van der Waals surface area contributed by atoms with Crippen LogP contribution >= 0.6 is 0 Å². The molecule has 98 valence electrons. The fourth-order valence-electron chi connectivity index (χ4n) is 1.49. The maximum Gasteiger partial charge on any atom is 0.320 e. The molecule has 0 radical (unpaired) electrons. The molecule has 18 heavy (non-hydrogen) atoms. The van der Waals surface area contributed by atoms with Crippen molar-refractivity contribution >= 4 is 11.9 Å². The lowest BCUT2D eigenvalue weighted by Gasteiger charge is -2.14. The number of carbonyl (C=O) groups is 2. The highest BCUT2D eigenvalue weighted by Crippen LogP contribution is 2.15. The fraction of sp³-hybridized carbons (Fsp3) is 0.333. The first kappa shape index (κ1) is 14.0. The third-order valence-corrected chi connectivity index (χ3v) is 2.51. The number of nitrogens with one attached hydrogen (secondary N) is 1. The molecule has 1 unspecified atom stereocenters. The quantitative estimate of drug-likeness (QED) is 0.553. The molecule has 0 aliphatic rings. The van der Waals surface area contributed by atoms with Crippen molar-refractivity contribution in [3.8, 4) is 5.75 Å². The van der Waals surface area contributed by atoms with Gasteiger partial charge in [0.15, 0.2) is 0 Å². The van der Waals surface area contributed by atoms with Gasteiger partial charge in [-0.05, 0) is 12.5 Å². The third-order valence-electron chi connectivity index (χ3n) is 2.51. The van der Waals surface area contributed by atoms with Crippen LogP contribution in [0.2, 0.25) is 0 Å². The maximum absolute atomic E-state index is 10.9. The summed E-state index contributed by atoms with van der Waals surface area (Å²) in [7, 11) is 0. The van der Waals surface area contributed by atoms with Crippen LogP contribution in [0.25, 0.3) is 0 Å². The number of carboxylic acids is 1. The van der Waals surface area contributed by atoms with Gasteiger partial charge < -0.3 is 21.3 Å². The number of aliphatic carboxylic acids is 1. The number of para-hydroxylation sites is 1. The Labute approximate surface area is 104 Å². The minimum atomic E-state index is -1.05. The van der Waals surface area contributed by atoms with Crippen LogP contribution in [-0.2, 0) is 16.1 Å². The molecular formula is C12H16N2O4. The number of hydrogen-bond donors (Lipinski definition) is 4. The first-order valence-corrected chi connectivity index (χ1v) is 5.52. The van der Waals surface area contributed by atoms with Crippen LogP contribution in [-0.4, -0.2) is 28.1 Å². The molecule has 1 rings (SSSR count). The van der Waals surface area contributed by atoms with Gasteiger partial charge in [0.25, 0.3) is 0 Å². The molecule has 6 nitrogen and oxygen atoms in total. The van der Waals surface area contributed by atoms with Gasteiger partial charge in [-0.3, -0.25) is 9.59 Å². The Morgan fingerprint density at radius 2 is 2.00 bits per heavy atom. The lowest BCUT2D eigenvalue weighted by atomic mass is 10.1. The molecule has 0 heterocycles. The van der Waals surface area contributed by atoms with E-state index in [1.807, 2.05) is 0 Å². The van der Waals surface area contributed by atoms with Crippen molar-refractivity contribution in [1.82, 2.24) is 5.32 Å². The number of primary amides is 1. The summed E-state index contributed by atoms with van der Waals surface area (Å²) < 4.78 is 0. The maximum atomic E-state index is 10.9. The van der Waals surface area contributed by atoms with Crippen LogP contribution in [0.5, 0.6) is 5.75 Å². The molecular weight excluding hydrogens is 236 g/mol. The molecule has 0 aromatic heterocycles. The van der Waals surface area contributed by atoms with E-state index in [2.05, 4.69) is 5.32 Å². The number of phenols is 1. The predicted molar refractivity (Wildman–Crippen MR) is 64.8 cm³/mol. The summed E-state index contributed by atoms with van der Waals surface area (Å²) in [6.07, 6.45) is 0.128. The Balaban J connectivity index is 2.55. The van der Waals surface area contributed by atoms with Gasteiger partial charge in [-0.25, -0.2) is 0 Å². The highest BCUT2D eigenvalue weighted by Gasteiger charge is 2.17. The topological polar surface area (TPSA) is 113 Å². The highest BCUT2D eigenvalue weighted by molar-refractivity contribution is 5.77. The summed E-state index contributed by atoms with van der Waals surface area (Å²) in [6, 6.07) is 5.78. The first-order valence-electron chi connectivity index (χ1n) is 5.52. The van der Waals surface area contributed by atoms with Crippen molar-refractivity contribution in [2.75, 3.05) is 0 Å². The smallest absolute Gasteiger partial charge is 0.320 e. The van der Waals surface area contributed by atoms with Gasteiger partial charge in [0.2, 0.25) is 5.91 Å². The lowest BCUT2D eigenvalue weighted by molar-refractivity contribution is -0.139. The van der Waals surface area contributed by atoms with Gasteiger partial charge in [0.05, 0.1) is 0 Å². The fourth-order valence-corrected chi connectivity index (χ4v) is 1.49. The largest absolute Gasteiger partial charge is 0.508 e. The summed E-state index contributed by atoms with van der Waals surface area (Å²) >= 11 is 0. The van der Waals surface area contributed by atoms with Gasteiger partial charge in [0.1, 0.15) is 11.8 Å². The summed E-state index contributed by atoms with van der Waals surface area (Å²) in [5.74, 6) is -1.48. The molecule has 0 fully saturated rings. The monoisotopic (exact) mass is 252 g/mol. The van der Waals surface area contributed by atoms with Gasteiger partial charge in [-0.2, -0.15) is 0 Å². The predicted octanol–water partition coefficient (Wildman–Crippen LogP) is 0.200. The van der Waals surface area contributed by atoms with Crippen molar-refractivity contribution in [2.45, 2.75) is 25.4 Å². The van der Waals surface area contributed by atoms with Crippen molar-refractivity contribution < 1.29 is 19.8 Å². The number of benzene rings is 1. The standard InChI is InChI=1S/C12H16N2O4/c13-11(16)6-5-9(12(17)18)14-7-8-3-1-2-4-10(8)15/h1-4,9,14-15H,5-7H2,(H2,13,16)(H,17,18). The van der Waals surface area contributed by atoms with E-state index in [-0.39, 0.29) is 25.1 Å². The van der Waals surface area contributed by atoms with Crippen molar-refractivity contribution in [1.29, 1.82) is 0 Å². The van der Waals surface area contributed by atoms with E-state index in [0.29, 0.717) is 5.56 Å². The van der Waals surface area contributed by atoms with Crippen LogP contribution in [0.3, 0.4) is 0 Å². The summed E-state index contributed by atoms with van der Waals surface area (Å²) in [5.41, 5.74) is 5.57. The molecule has 0 spiro atoms. The zero-order chi connectivity index (χ0) is 13.5. The Bertz CT molecular complexity index is 434. The number of amides is 1. The second-order valence-electron chi connectivity index (χ2n) is 3.91. The zero-order valence-corrected chi connectivity index (χ0v) is 9.80. The minimum absolute atomic E-state index is 0.00470. The van der Waals surface area contributed by atoms with Crippen molar-refractivity contribution in [3.05, 3.63) is 29.8 Å². The van der Waals surface area contributed by atoms with E-state index >= 15 is 0 Å². The Morgan fingerprint density at radius 1 is 1.33 bits per heavy atom. The van der Waals surface area contributed by atoms with Crippen LogP contribution in [0.4, 0.5) is 0 Å². The van der Waals surface area contributed by atoms with Gasteiger partial charge >= 0.3 is 5.97 Å². The zero-order valence-electron chi connectivity index (χ0n) is 9.80. The number of hydrogen-bond acceptors (Lipinski definition) is 4. The molecule has 0 saturated heterocycles. The molecule has 0 bridgehead atoms. The lowest BCUT2D eigenvalue weighted by Crippen LogP contribution is -2.37. The molecule has 5 N–H and O–H groups in total. The van der Waals surface area contributed by atoms with Gasteiger partial charge in [-0.1, -0.05) is 18.2 Å². The molecule has 1 aromatic rings. The normalized spacial score (nSPS) is 12.0. The second kappa shape index (κ2) is 6.61. The Hall–Kier alpha value is -2.08. The van der Waals surface area contributed by atoms with Crippen LogP contribution in [0, 0.1) is 0 Å².